The Morgan fingerprint density at radius 3 is 2.43 bits per heavy atom. The van der Waals surface area contributed by atoms with Crippen LogP contribution < -0.4 is 0 Å². The first-order valence-electron chi connectivity index (χ1n) is 6.95. The van der Waals surface area contributed by atoms with Gasteiger partial charge in [0.15, 0.2) is 11.2 Å². The molecule has 2 aromatic heterocycles. The highest BCUT2D eigenvalue weighted by molar-refractivity contribution is 7.17. The van der Waals surface area contributed by atoms with E-state index in [2.05, 4.69) is 56.9 Å². The fraction of sp³-hybridized carbons (Fsp3) is 0.294. The van der Waals surface area contributed by atoms with Crippen LogP contribution in [0.3, 0.4) is 0 Å². The van der Waals surface area contributed by atoms with Crippen LogP contribution in [0.4, 0.5) is 0 Å². The van der Waals surface area contributed by atoms with Gasteiger partial charge in [-0.25, -0.2) is 4.98 Å². The highest BCUT2D eigenvalue weighted by Gasteiger charge is 2.17. The number of fused-ring (bicyclic) bond motifs is 1. The van der Waals surface area contributed by atoms with Crippen LogP contribution in [0, 0.1) is 6.92 Å². The molecule has 0 radical (unpaired) electrons. The third kappa shape index (κ3) is 2.29. The summed E-state index contributed by atoms with van der Waals surface area (Å²) in [5.41, 5.74) is 4.23. The quantitative estimate of drug-likeness (QED) is 0.654. The molecule has 108 valence electrons. The summed E-state index contributed by atoms with van der Waals surface area (Å²) >= 11 is 1.61. The van der Waals surface area contributed by atoms with Gasteiger partial charge in [0.05, 0.1) is 11.9 Å². The number of hydrogen-bond acceptors (Lipinski definition) is 3. The Morgan fingerprint density at radius 1 is 1.19 bits per heavy atom. The molecule has 0 unspecified atom stereocenters. The Balaban J connectivity index is 2.18. The number of thiazole rings is 1. The van der Waals surface area contributed by atoms with Crippen LogP contribution in [0.2, 0.25) is 0 Å². The third-order valence-corrected chi connectivity index (χ3v) is 4.67. The van der Waals surface area contributed by atoms with Crippen molar-refractivity contribution in [3.8, 4) is 11.3 Å². The van der Waals surface area contributed by atoms with Crippen molar-refractivity contribution < 1.29 is 4.79 Å². The number of aromatic nitrogens is 2. The fourth-order valence-corrected chi connectivity index (χ4v) is 3.50. The number of rotatable bonds is 2. The maximum Gasteiger partial charge on any atom is 0.194 e. The number of nitrogens with zero attached hydrogens (tertiary/aromatic N) is 2. The zero-order valence-corrected chi connectivity index (χ0v) is 13.5. The molecule has 3 nitrogen and oxygen atoms in total. The van der Waals surface area contributed by atoms with E-state index in [1.54, 1.807) is 17.5 Å². The molecule has 0 N–H and O–H groups in total. The Hall–Kier alpha value is -1.94. The van der Waals surface area contributed by atoms with Gasteiger partial charge in [-0.2, -0.15) is 0 Å². The van der Waals surface area contributed by atoms with Crippen molar-refractivity contribution in [3.05, 3.63) is 46.6 Å². The van der Waals surface area contributed by atoms with Gasteiger partial charge in [-0.05, 0) is 23.5 Å². The lowest BCUT2D eigenvalue weighted by Crippen LogP contribution is -2.10. The lowest BCUT2D eigenvalue weighted by molar-refractivity contribution is 0.111. The minimum Gasteiger partial charge on any atom is -0.296 e. The molecule has 0 aliphatic rings. The molecular weight excluding hydrogens is 280 g/mol. The maximum atomic E-state index is 11.2. The van der Waals surface area contributed by atoms with Crippen molar-refractivity contribution in [3.63, 3.8) is 0 Å². The lowest BCUT2D eigenvalue weighted by atomic mass is 9.86. The number of aldehydes is 1. The maximum absolute atomic E-state index is 11.2. The second-order valence-corrected chi connectivity index (χ2v) is 7.43. The molecule has 0 saturated heterocycles. The van der Waals surface area contributed by atoms with Crippen molar-refractivity contribution in [1.82, 2.24) is 9.38 Å². The summed E-state index contributed by atoms with van der Waals surface area (Å²) in [5, 5.41) is 0. The third-order valence-electron chi connectivity index (χ3n) is 3.70. The molecule has 0 amide bonds. The predicted octanol–water partition coefficient (Wildman–Crippen LogP) is 4.48. The topological polar surface area (TPSA) is 34.4 Å². The van der Waals surface area contributed by atoms with Crippen molar-refractivity contribution >= 4 is 22.6 Å². The summed E-state index contributed by atoms with van der Waals surface area (Å²) in [5.74, 6) is 0. The number of imidazole rings is 1. The first-order chi connectivity index (χ1) is 9.91. The Morgan fingerprint density at radius 2 is 1.86 bits per heavy atom. The number of aryl methyl sites for hydroxylation is 1. The highest BCUT2D eigenvalue weighted by atomic mass is 32.1. The first-order valence-corrected chi connectivity index (χ1v) is 7.76. The molecule has 0 spiro atoms. The van der Waals surface area contributed by atoms with E-state index in [0.29, 0.717) is 5.69 Å². The zero-order valence-electron chi connectivity index (χ0n) is 12.7. The second-order valence-electron chi connectivity index (χ2n) is 6.25. The molecule has 0 saturated carbocycles. The summed E-state index contributed by atoms with van der Waals surface area (Å²) in [6, 6.07) is 8.58. The molecule has 3 aromatic rings. The number of benzene rings is 1. The summed E-state index contributed by atoms with van der Waals surface area (Å²) in [4.78, 5) is 17.5. The van der Waals surface area contributed by atoms with E-state index in [1.165, 1.54) is 10.4 Å². The summed E-state index contributed by atoms with van der Waals surface area (Å²) in [6.45, 7) is 8.68. The fourth-order valence-electron chi connectivity index (χ4n) is 2.53. The molecule has 0 aliphatic carbocycles. The van der Waals surface area contributed by atoms with Gasteiger partial charge in [-0.1, -0.05) is 45.0 Å². The van der Waals surface area contributed by atoms with Crippen molar-refractivity contribution in [1.29, 1.82) is 0 Å². The Labute approximate surface area is 128 Å². The van der Waals surface area contributed by atoms with Gasteiger partial charge in [-0.3, -0.25) is 9.20 Å². The van der Waals surface area contributed by atoms with E-state index in [4.69, 9.17) is 0 Å². The number of hydrogen-bond donors (Lipinski definition) is 0. The van der Waals surface area contributed by atoms with E-state index >= 15 is 0 Å². The van der Waals surface area contributed by atoms with Crippen LogP contribution in [0.5, 0.6) is 0 Å². The van der Waals surface area contributed by atoms with Crippen LogP contribution in [0.25, 0.3) is 16.2 Å². The van der Waals surface area contributed by atoms with Gasteiger partial charge in [0, 0.05) is 4.88 Å². The van der Waals surface area contributed by atoms with E-state index in [9.17, 15) is 4.79 Å². The standard InChI is InChI=1S/C17H18N2OS/c1-11-15(19-14(10-20)9-18-16(19)21-11)12-5-7-13(8-6-12)17(2,3)4/h5-10H,1-4H3. The minimum absolute atomic E-state index is 0.139. The smallest absolute Gasteiger partial charge is 0.194 e. The molecule has 0 bridgehead atoms. The van der Waals surface area contributed by atoms with Gasteiger partial charge < -0.3 is 0 Å². The molecule has 0 fully saturated rings. The molecule has 21 heavy (non-hydrogen) atoms. The van der Waals surface area contributed by atoms with Gasteiger partial charge in [-0.15, -0.1) is 11.3 Å². The van der Waals surface area contributed by atoms with Crippen molar-refractivity contribution in [2.24, 2.45) is 0 Å². The van der Waals surface area contributed by atoms with Crippen LogP contribution in [-0.2, 0) is 5.41 Å². The first kappa shape index (κ1) is 14.0. The zero-order chi connectivity index (χ0) is 15.2. The Bertz CT molecular complexity index is 804. The van der Waals surface area contributed by atoms with Crippen LogP contribution in [0.1, 0.15) is 41.7 Å². The normalized spacial score (nSPS) is 12.0. The van der Waals surface area contributed by atoms with Gasteiger partial charge in [0.25, 0.3) is 0 Å². The molecule has 0 aliphatic heterocycles. The predicted molar refractivity (Wildman–Crippen MR) is 87.3 cm³/mol. The van der Waals surface area contributed by atoms with Crippen LogP contribution in [0.15, 0.2) is 30.5 Å². The number of carbonyl (C=O) groups excluding carboxylic acids is 1. The second kappa shape index (κ2) is 4.81. The highest BCUT2D eigenvalue weighted by Crippen LogP contribution is 2.33. The van der Waals surface area contributed by atoms with Crippen molar-refractivity contribution in [2.75, 3.05) is 0 Å². The Kier molecular flexibility index (Phi) is 3.21. The molecule has 2 heterocycles. The summed E-state index contributed by atoms with van der Waals surface area (Å²) in [6.07, 6.45) is 2.49. The van der Waals surface area contributed by atoms with Crippen LogP contribution in [-0.4, -0.2) is 15.7 Å². The SMILES string of the molecule is Cc1sc2ncc(C=O)n2c1-c1ccc(C(C)(C)C)cc1. The molecule has 1 aromatic carbocycles. The van der Waals surface area contributed by atoms with Crippen molar-refractivity contribution in [2.45, 2.75) is 33.1 Å². The van der Waals surface area contributed by atoms with E-state index < -0.39 is 0 Å². The minimum atomic E-state index is 0.139. The van der Waals surface area contributed by atoms with Gasteiger partial charge in [0.1, 0.15) is 5.69 Å². The number of carbonyl (C=O) groups is 1. The average Bonchev–Trinajstić information content (AvgIpc) is 2.95. The van der Waals surface area contributed by atoms with E-state index in [1.807, 2.05) is 4.40 Å². The molecule has 3 rings (SSSR count). The monoisotopic (exact) mass is 298 g/mol. The molecule has 4 heteroatoms. The lowest BCUT2D eigenvalue weighted by Gasteiger charge is -2.19. The van der Waals surface area contributed by atoms with E-state index in [-0.39, 0.29) is 5.41 Å². The van der Waals surface area contributed by atoms with E-state index in [0.717, 1.165) is 22.5 Å². The summed E-state index contributed by atoms with van der Waals surface area (Å²) < 4.78 is 1.94. The largest absolute Gasteiger partial charge is 0.296 e. The molecule has 0 atom stereocenters. The van der Waals surface area contributed by atoms with Gasteiger partial charge in [0.2, 0.25) is 0 Å². The summed E-state index contributed by atoms with van der Waals surface area (Å²) in [7, 11) is 0. The van der Waals surface area contributed by atoms with Crippen LogP contribution >= 0.6 is 11.3 Å². The van der Waals surface area contributed by atoms with Gasteiger partial charge >= 0.3 is 0 Å². The average molecular weight is 298 g/mol. The molecular formula is C17H18N2OS.